The molecule has 0 bridgehead atoms. The number of aliphatic hydroxyl groups excluding tert-OH is 2. The van der Waals surface area contributed by atoms with Crippen LogP contribution in [0.3, 0.4) is 0 Å². The maximum Gasteiger partial charge on any atom is 0.0877 e. The van der Waals surface area contributed by atoms with Gasteiger partial charge in [-0.3, -0.25) is 0 Å². The summed E-state index contributed by atoms with van der Waals surface area (Å²) in [6.45, 7) is 3.83. The SMILES string of the molecule is CC(CO)C1CCC(C)(O)C(O)C1. The summed E-state index contributed by atoms with van der Waals surface area (Å²) in [6, 6.07) is 0. The van der Waals surface area contributed by atoms with Crippen molar-refractivity contribution in [3.05, 3.63) is 0 Å². The fraction of sp³-hybridized carbons (Fsp3) is 1.00. The van der Waals surface area contributed by atoms with Crippen LogP contribution in [-0.4, -0.2) is 33.6 Å². The summed E-state index contributed by atoms with van der Waals surface area (Å²) >= 11 is 0. The van der Waals surface area contributed by atoms with E-state index in [0.717, 1.165) is 6.42 Å². The van der Waals surface area contributed by atoms with Crippen LogP contribution in [0.15, 0.2) is 0 Å². The zero-order valence-corrected chi connectivity index (χ0v) is 8.40. The highest BCUT2D eigenvalue weighted by atomic mass is 16.3. The van der Waals surface area contributed by atoms with E-state index >= 15 is 0 Å². The van der Waals surface area contributed by atoms with Gasteiger partial charge in [0.15, 0.2) is 0 Å². The molecule has 1 rings (SSSR count). The Balaban J connectivity index is 2.51. The lowest BCUT2D eigenvalue weighted by atomic mass is 9.73. The standard InChI is InChI=1S/C10H20O3/c1-7(6-11)8-3-4-10(2,13)9(12)5-8/h7-9,11-13H,3-6H2,1-2H3. The lowest BCUT2D eigenvalue weighted by molar-refractivity contribution is -0.106. The third-order valence-corrected chi connectivity index (χ3v) is 3.36. The Morgan fingerprint density at radius 1 is 1.54 bits per heavy atom. The lowest BCUT2D eigenvalue weighted by Gasteiger charge is -2.39. The molecule has 13 heavy (non-hydrogen) atoms. The smallest absolute Gasteiger partial charge is 0.0877 e. The first-order chi connectivity index (χ1) is 5.97. The normalized spacial score (nSPS) is 43.2. The van der Waals surface area contributed by atoms with Crippen molar-refractivity contribution < 1.29 is 15.3 Å². The van der Waals surface area contributed by atoms with Crippen molar-refractivity contribution in [3.8, 4) is 0 Å². The first kappa shape index (κ1) is 11.0. The molecule has 1 aliphatic rings. The van der Waals surface area contributed by atoms with Gasteiger partial charge in [-0.2, -0.15) is 0 Å². The minimum Gasteiger partial charge on any atom is -0.396 e. The van der Waals surface area contributed by atoms with Gasteiger partial charge in [0, 0.05) is 6.61 Å². The van der Waals surface area contributed by atoms with E-state index in [4.69, 9.17) is 5.11 Å². The van der Waals surface area contributed by atoms with Crippen LogP contribution in [-0.2, 0) is 0 Å². The maximum atomic E-state index is 9.70. The highest BCUT2D eigenvalue weighted by Gasteiger charge is 2.38. The third kappa shape index (κ3) is 2.42. The molecule has 0 heterocycles. The van der Waals surface area contributed by atoms with Crippen LogP contribution < -0.4 is 0 Å². The van der Waals surface area contributed by atoms with Crippen LogP contribution in [0, 0.1) is 11.8 Å². The largest absolute Gasteiger partial charge is 0.396 e. The van der Waals surface area contributed by atoms with E-state index in [1.54, 1.807) is 6.92 Å². The molecule has 0 saturated heterocycles. The van der Waals surface area contributed by atoms with E-state index in [-0.39, 0.29) is 12.5 Å². The van der Waals surface area contributed by atoms with Gasteiger partial charge in [0.25, 0.3) is 0 Å². The van der Waals surface area contributed by atoms with E-state index in [1.807, 2.05) is 6.92 Å². The van der Waals surface area contributed by atoms with Crippen molar-refractivity contribution in [2.45, 2.75) is 44.8 Å². The van der Waals surface area contributed by atoms with Crippen LogP contribution in [0.2, 0.25) is 0 Å². The van der Waals surface area contributed by atoms with Crippen molar-refractivity contribution in [2.24, 2.45) is 11.8 Å². The van der Waals surface area contributed by atoms with Gasteiger partial charge in [-0.05, 0) is 38.0 Å². The second-order valence-electron chi connectivity index (χ2n) is 4.57. The van der Waals surface area contributed by atoms with Gasteiger partial charge >= 0.3 is 0 Å². The summed E-state index contributed by atoms with van der Waals surface area (Å²) in [5.41, 5.74) is -0.925. The van der Waals surface area contributed by atoms with Crippen LogP contribution in [0.5, 0.6) is 0 Å². The van der Waals surface area contributed by atoms with Gasteiger partial charge < -0.3 is 15.3 Å². The summed E-state index contributed by atoms with van der Waals surface area (Å²) in [6.07, 6.45) is 1.49. The molecule has 4 unspecified atom stereocenters. The average Bonchev–Trinajstić information content (AvgIpc) is 2.08. The second kappa shape index (κ2) is 3.95. The molecule has 0 aromatic heterocycles. The molecule has 0 aromatic carbocycles. The summed E-state index contributed by atoms with van der Waals surface area (Å²) < 4.78 is 0. The molecule has 1 fully saturated rings. The van der Waals surface area contributed by atoms with E-state index < -0.39 is 11.7 Å². The van der Waals surface area contributed by atoms with Crippen molar-refractivity contribution in [3.63, 3.8) is 0 Å². The predicted octanol–water partition coefficient (Wildman–Crippen LogP) is 0.527. The van der Waals surface area contributed by atoms with E-state index in [1.165, 1.54) is 0 Å². The van der Waals surface area contributed by atoms with Crippen molar-refractivity contribution in [1.82, 2.24) is 0 Å². The maximum absolute atomic E-state index is 9.70. The molecule has 0 aliphatic heterocycles. The Bertz CT molecular complexity index is 168. The molecule has 0 radical (unpaired) electrons. The highest BCUT2D eigenvalue weighted by molar-refractivity contribution is 4.90. The summed E-state index contributed by atoms with van der Waals surface area (Å²) in [7, 11) is 0. The molecule has 0 spiro atoms. The second-order valence-corrected chi connectivity index (χ2v) is 4.57. The van der Waals surface area contributed by atoms with Crippen molar-refractivity contribution >= 4 is 0 Å². The average molecular weight is 188 g/mol. The van der Waals surface area contributed by atoms with Crippen LogP contribution in [0.25, 0.3) is 0 Å². The number of rotatable bonds is 2. The van der Waals surface area contributed by atoms with Crippen molar-refractivity contribution in [1.29, 1.82) is 0 Å². The van der Waals surface area contributed by atoms with Crippen LogP contribution in [0.4, 0.5) is 0 Å². The zero-order chi connectivity index (χ0) is 10.1. The Morgan fingerprint density at radius 2 is 2.15 bits per heavy atom. The van der Waals surface area contributed by atoms with Gasteiger partial charge in [-0.25, -0.2) is 0 Å². The molecule has 1 aliphatic carbocycles. The molecule has 78 valence electrons. The van der Waals surface area contributed by atoms with Crippen LogP contribution >= 0.6 is 0 Å². The van der Waals surface area contributed by atoms with E-state index in [2.05, 4.69) is 0 Å². The van der Waals surface area contributed by atoms with Gasteiger partial charge in [0.1, 0.15) is 0 Å². The highest BCUT2D eigenvalue weighted by Crippen LogP contribution is 2.35. The number of hydrogen-bond acceptors (Lipinski definition) is 3. The Labute approximate surface area is 79.4 Å². The minimum absolute atomic E-state index is 0.166. The summed E-state index contributed by atoms with van der Waals surface area (Å²) in [5, 5.41) is 28.3. The zero-order valence-electron chi connectivity index (χ0n) is 8.40. The molecular formula is C10H20O3. The molecule has 0 aromatic rings. The summed E-state index contributed by atoms with van der Waals surface area (Å²) in [5.74, 6) is 0.575. The Hall–Kier alpha value is -0.120. The van der Waals surface area contributed by atoms with E-state index in [9.17, 15) is 10.2 Å². The van der Waals surface area contributed by atoms with Gasteiger partial charge in [0.05, 0.1) is 11.7 Å². The molecule has 3 heteroatoms. The molecule has 4 atom stereocenters. The molecule has 0 amide bonds. The van der Waals surface area contributed by atoms with E-state index in [0.29, 0.717) is 18.8 Å². The molecule has 3 nitrogen and oxygen atoms in total. The minimum atomic E-state index is -0.925. The fourth-order valence-electron chi connectivity index (χ4n) is 1.97. The topological polar surface area (TPSA) is 60.7 Å². The first-order valence-electron chi connectivity index (χ1n) is 4.98. The molecular weight excluding hydrogens is 168 g/mol. The Morgan fingerprint density at radius 3 is 2.62 bits per heavy atom. The number of aliphatic hydroxyl groups is 3. The monoisotopic (exact) mass is 188 g/mol. The lowest BCUT2D eigenvalue weighted by Crippen LogP contribution is -2.45. The molecule has 1 saturated carbocycles. The molecule has 3 N–H and O–H groups in total. The fourth-order valence-corrected chi connectivity index (χ4v) is 1.97. The first-order valence-corrected chi connectivity index (χ1v) is 4.98. The van der Waals surface area contributed by atoms with Crippen molar-refractivity contribution in [2.75, 3.05) is 6.61 Å². The summed E-state index contributed by atoms with van der Waals surface area (Å²) in [4.78, 5) is 0. The van der Waals surface area contributed by atoms with Gasteiger partial charge in [-0.1, -0.05) is 6.92 Å². The Kier molecular flexibility index (Phi) is 3.33. The quantitative estimate of drug-likeness (QED) is 0.592. The third-order valence-electron chi connectivity index (χ3n) is 3.36. The number of hydrogen-bond donors (Lipinski definition) is 3. The van der Waals surface area contributed by atoms with Crippen LogP contribution in [0.1, 0.15) is 33.1 Å². The predicted molar refractivity (Wildman–Crippen MR) is 50.2 cm³/mol. The van der Waals surface area contributed by atoms with Gasteiger partial charge in [-0.15, -0.1) is 0 Å². The van der Waals surface area contributed by atoms with Gasteiger partial charge in [0.2, 0.25) is 0 Å².